The van der Waals surface area contributed by atoms with Gasteiger partial charge in [0, 0.05) is 18.7 Å². The van der Waals surface area contributed by atoms with Crippen molar-refractivity contribution in [2.75, 3.05) is 32.9 Å². The van der Waals surface area contributed by atoms with E-state index in [1.165, 1.54) is 0 Å². The highest BCUT2D eigenvalue weighted by atomic mass is 16.5. The summed E-state index contributed by atoms with van der Waals surface area (Å²) in [7, 11) is 0. The minimum absolute atomic E-state index is 0.0172. The minimum atomic E-state index is 0.0172. The first-order valence-corrected chi connectivity index (χ1v) is 8.46. The van der Waals surface area contributed by atoms with E-state index in [0.29, 0.717) is 50.0 Å². The van der Waals surface area contributed by atoms with Crippen LogP contribution in [0.25, 0.3) is 0 Å². The molecule has 1 fully saturated rings. The van der Waals surface area contributed by atoms with Gasteiger partial charge in [0.05, 0.1) is 25.9 Å². The van der Waals surface area contributed by atoms with Crippen molar-refractivity contribution in [3.8, 4) is 11.5 Å². The molecular weight excluding hydrogens is 294 g/mol. The summed E-state index contributed by atoms with van der Waals surface area (Å²) < 4.78 is 17.0. The van der Waals surface area contributed by atoms with Crippen LogP contribution in [0.3, 0.4) is 0 Å². The average molecular weight is 321 g/mol. The number of morpholine rings is 1. The molecule has 0 spiro atoms. The van der Waals surface area contributed by atoms with E-state index in [1.54, 1.807) is 6.07 Å². The number of carbonyl (C=O) groups excluding carboxylic acids is 1. The Balaban J connectivity index is 2.15. The van der Waals surface area contributed by atoms with Crippen molar-refractivity contribution < 1.29 is 19.0 Å². The number of benzene rings is 1. The maximum absolute atomic E-state index is 12.7. The van der Waals surface area contributed by atoms with Crippen molar-refractivity contribution in [3.63, 3.8) is 0 Å². The van der Waals surface area contributed by atoms with Crippen LogP contribution < -0.4 is 9.47 Å². The molecule has 0 radical (unpaired) electrons. The summed E-state index contributed by atoms with van der Waals surface area (Å²) in [5.41, 5.74) is 0.633. The molecule has 0 aromatic heterocycles. The number of amides is 1. The Morgan fingerprint density at radius 3 is 2.57 bits per heavy atom. The van der Waals surface area contributed by atoms with Gasteiger partial charge in [-0.3, -0.25) is 4.79 Å². The summed E-state index contributed by atoms with van der Waals surface area (Å²) in [6, 6.07) is 5.44. The molecule has 1 aromatic rings. The zero-order valence-electron chi connectivity index (χ0n) is 14.3. The van der Waals surface area contributed by atoms with Gasteiger partial charge in [-0.15, -0.1) is 0 Å². The Hall–Kier alpha value is -1.75. The predicted octanol–water partition coefficient (Wildman–Crippen LogP) is 3.13. The van der Waals surface area contributed by atoms with Gasteiger partial charge in [-0.05, 0) is 38.0 Å². The summed E-state index contributed by atoms with van der Waals surface area (Å²) in [6.07, 6.45) is 1.92. The van der Waals surface area contributed by atoms with Gasteiger partial charge < -0.3 is 19.1 Å². The fourth-order valence-corrected chi connectivity index (χ4v) is 2.48. The van der Waals surface area contributed by atoms with Crippen molar-refractivity contribution in [1.29, 1.82) is 0 Å². The molecule has 1 heterocycles. The summed E-state index contributed by atoms with van der Waals surface area (Å²) in [4.78, 5) is 14.5. The Bertz CT molecular complexity index is 518. The first kappa shape index (κ1) is 17.6. The van der Waals surface area contributed by atoms with Crippen LogP contribution in [0.15, 0.2) is 18.2 Å². The second-order valence-electron chi connectivity index (χ2n) is 5.79. The fourth-order valence-electron chi connectivity index (χ4n) is 2.48. The molecule has 1 aliphatic heterocycles. The standard InChI is InChI=1S/C18H27NO4/c1-4-9-22-16-7-6-15(12-17(16)23-10-5-2)18(20)19-8-11-21-14(3)13-19/h6-7,12,14H,4-5,8-11,13H2,1-3H3. The molecule has 1 saturated heterocycles. The van der Waals surface area contributed by atoms with Crippen LogP contribution in [0.4, 0.5) is 0 Å². The fraction of sp³-hybridized carbons (Fsp3) is 0.611. The van der Waals surface area contributed by atoms with Gasteiger partial charge in [-0.2, -0.15) is 0 Å². The molecule has 1 aliphatic rings. The van der Waals surface area contributed by atoms with E-state index in [0.717, 1.165) is 12.8 Å². The summed E-state index contributed by atoms with van der Waals surface area (Å²) in [5.74, 6) is 1.36. The lowest BCUT2D eigenvalue weighted by atomic mass is 10.1. The highest BCUT2D eigenvalue weighted by Crippen LogP contribution is 2.29. The third-order valence-corrected chi connectivity index (χ3v) is 3.64. The van der Waals surface area contributed by atoms with E-state index in [1.807, 2.05) is 24.0 Å². The molecule has 1 aromatic carbocycles. The van der Waals surface area contributed by atoms with E-state index < -0.39 is 0 Å². The van der Waals surface area contributed by atoms with E-state index in [2.05, 4.69) is 13.8 Å². The Morgan fingerprint density at radius 2 is 1.91 bits per heavy atom. The molecule has 0 N–H and O–H groups in total. The predicted molar refractivity (Wildman–Crippen MR) is 89.3 cm³/mol. The van der Waals surface area contributed by atoms with Crippen molar-refractivity contribution in [1.82, 2.24) is 4.90 Å². The van der Waals surface area contributed by atoms with Gasteiger partial charge >= 0.3 is 0 Å². The van der Waals surface area contributed by atoms with Crippen LogP contribution in [0, 0.1) is 0 Å². The third-order valence-electron chi connectivity index (χ3n) is 3.64. The van der Waals surface area contributed by atoms with Crippen molar-refractivity contribution in [2.24, 2.45) is 0 Å². The molecule has 0 bridgehead atoms. The number of carbonyl (C=O) groups is 1. The maximum atomic E-state index is 12.7. The summed E-state index contributed by atoms with van der Waals surface area (Å²) in [5, 5.41) is 0. The molecule has 23 heavy (non-hydrogen) atoms. The molecule has 1 amide bonds. The molecule has 5 nitrogen and oxygen atoms in total. The quantitative estimate of drug-likeness (QED) is 0.774. The highest BCUT2D eigenvalue weighted by molar-refractivity contribution is 5.95. The number of ether oxygens (including phenoxy) is 3. The number of rotatable bonds is 7. The zero-order valence-corrected chi connectivity index (χ0v) is 14.3. The van der Waals surface area contributed by atoms with Crippen LogP contribution in [-0.2, 0) is 4.74 Å². The van der Waals surface area contributed by atoms with Gasteiger partial charge in [0.2, 0.25) is 0 Å². The van der Waals surface area contributed by atoms with Gasteiger partial charge in [-0.1, -0.05) is 13.8 Å². The van der Waals surface area contributed by atoms with Gasteiger partial charge in [-0.25, -0.2) is 0 Å². The molecule has 128 valence electrons. The van der Waals surface area contributed by atoms with Crippen LogP contribution in [-0.4, -0.2) is 49.8 Å². The lowest BCUT2D eigenvalue weighted by molar-refractivity contribution is -0.0124. The normalized spacial score (nSPS) is 17.9. The van der Waals surface area contributed by atoms with Crippen LogP contribution in [0.5, 0.6) is 11.5 Å². The number of nitrogens with zero attached hydrogens (tertiary/aromatic N) is 1. The topological polar surface area (TPSA) is 48.0 Å². The van der Waals surface area contributed by atoms with E-state index in [4.69, 9.17) is 14.2 Å². The largest absolute Gasteiger partial charge is 0.490 e. The lowest BCUT2D eigenvalue weighted by Gasteiger charge is -2.31. The zero-order chi connectivity index (χ0) is 16.7. The maximum Gasteiger partial charge on any atom is 0.254 e. The number of hydrogen-bond donors (Lipinski definition) is 0. The third kappa shape index (κ3) is 4.86. The molecule has 1 unspecified atom stereocenters. The molecule has 2 rings (SSSR count). The van der Waals surface area contributed by atoms with Gasteiger partial charge in [0.15, 0.2) is 11.5 Å². The Labute approximate surface area is 138 Å². The Kier molecular flexibility index (Phi) is 6.71. The van der Waals surface area contributed by atoms with Gasteiger partial charge in [0.25, 0.3) is 5.91 Å². The van der Waals surface area contributed by atoms with Crippen LogP contribution in [0.2, 0.25) is 0 Å². The molecule has 0 saturated carbocycles. The van der Waals surface area contributed by atoms with Crippen molar-refractivity contribution in [2.45, 2.75) is 39.7 Å². The highest BCUT2D eigenvalue weighted by Gasteiger charge is 2.23. The molecule has 0 aliphatic carbocycles. The van der Waals surface area contributed by atoms with E-state index in [9.17, 15) is 4.79 Å². The molecule has 5 heteroatoms. The minimum Gasteiger partial charge on any atom is -0.490 e. The summed E-state index contributed by atoms with van der Waals surface area (Å²) >= 11 is 0. The average Bonchev–Trinajstić information content (AvgIpc) is 2.57. The van der Waals surface area contributed by atoms with Crippen molar-refractivity contribution >= 4 is 5.91 Å². The van der Waals surface area contributed by atoms with Crippen LogP contribution in [0.1, 0.15) is 44.0 Å². The monoisotopic (exact) mass is 321 g/mol. The second kappa shape index (κ2) is 8.77. The molecular formula is C18H27NO4. The van der Waals surface area contributed by atoms with Crippen LogP contribution >= 0.6 is 0 Å². The van der Waals surface area contributed by atoms with Gasteiger partial charge in [0.1, 0.15) is 0 Å². The Morgan fingerprint density at radius 1 is 1.22 bits per heavy atom. The second-order valence-corrected chi connectivity index (χ2v) is 5.79. The number of hydrogen-bond acceptors (Lipinski definition) is 4. The van der Waals surface area contributed by atoms with Crippen molar-refractivity contribution in [3.05, 3.63) is 23.8 Å². The lowest BCUT2D eigenvalue weighted by Crippen LogP contribution is -2.44. The molecule has 1 atom stereocenters. The van der Waals surface area contributed by atoms with E-state index in [-0.39, 0.29) is 12.0 Å². The summed E-state index contributed by atoms with van der Waals surface area (Å²) in [6.45, 7) is 9.17. The first-order valence-electron chi connectivity index (χ1n) is 8.46. The smallest absolute Gasteiger partial charge is 0.254 e. The SMILES string of the molecule is CCCOc1ccc(C(=O)N2CCOC(C)C2)cc1OCCC. The van der Waals surface area contributed by atoms with E-state index >= 15 is 0 Å². The first-order chi connectivity index (χ1) is 11.2.